The van der Waals surface area contributed by atoms with Gasteiger partial charge in [-0.15, -0.1) is 0 Å². The zero-order valence-corrected chi connectivity index (χ0v) is 15.2. The number of anilines is 1. The molecule has 0 spiro atoms. The van der Waals surface area contributed by atoms with Crippen molar-refractivity contribution in [3.63, 3.8) is 0 Å². The lowest BCUT2D eigenvalue weighted by Crippen LogP contribution is -2.29. The van der Waals surface area contributed by atoms with Gasteiger partial charge in [0.25, 0.3) is 10.1 Å². The molecule has 2 N–H and O–H groups in total. The summed E-state index contributed by atoms with van der Waals surface area (Å²) in [4.78, 5) is 0. The molecule has 5 nitrogen and oxygen atoms in total. The van der Waals surface area contributed by atoms with E-state index in [1.807, 2.05) is 6.92 Å². The van der Waals surface area contributed by atoms with Crippen LogP contribution < -0.4 is 10.1 Å². The van der Waals surface area contributed by atoms with E-state index in [1.165, 1.54) is 0 Å². The molecule has 0 saturated carbocycles. The summed E-state index contributed by atoms with van der Waals surface area (Å²) in [6, 6.07) is 11.5. The van der Waals surface area contributed by atoms with Crippen LogP contribution in [0.4, 0.5) is 5.69 Å². The molecular formula is C16H17Cl2NO4S. The van der Waals surface area contributed by atoms with Crippen molar-refractivity contribution in [3.05, 3.63) is 52.5 Å². The van der Waals surface area contributed by atoms with Crippen molar-refractivity contribution < 1.29 is 17.7 Å². The Kier molecular flexibility index (Phi) is 6.34. The summed E-state index contributed by atoms with van der Waals surface area (Å²) < 4.78 is 38.2. The van der Waals surface area contributed by atoms with Crippen LogP contribution in [0.5, 0.6) is 11.5 Å². The molecular weight excluding hydrogens is 373 g/mol. The summed E-state index contributed by atoms with van der Waals surface area (Å²) >= 11 is 11.8. The third-order valence-electron chi connectivity index (χ3n) is 3.21. The second kappa shape index (κ2) is 8.07. The van der Waals surface area contributed by atoms with Crippen LogP contribution in [0.2, 0.25) is 10.0 Å². The van der Waals surface area contributed by atoms with Gasteiger partial charge in [-0.1, -0.05) is 36.5 Å². The third kappa shape index (κ3) is 5.27. The molecule has 1 unspecified atom stereocenters. The number of rotatable bonds is 7. The highest BCUT2D eigenvalue weighted by Crippen LogP contribution is 2.33. The molecule has 2 aromatic rings. The molecule has 24 heavy (non-hydrogen) atoms. The van der Waals surface area contributed by atoms with Crippen molar-refractivity contribution >= 4 is 39.0 Å². The molecule has 2 rings (SSSR count). The lowest BCUT2D eigenvalue weighted by atomic mass is 10.2. The minimum atomic E-state index is -4.26. The second-order valence-electron chi connectivity index (χ2n) is 5.13. The molecule has 0 aliphatic heterocycles. The number of hydrogen-bond donors (Lipinski definition) is 2. The van der Waals surface area contributed by atoms with E-state index in [4.69, 9.17) is 27.9 Å². The number of nitrogens with one attached hydrogen (secondary N) is 1. The first kappa shape index (κ1) is 18.9. The van der Waals surface area contributed by atoms with Gasteiger partial charge in [-0.2, -0.15) is 8.42 Å². The van der Waals surface area contributed by atoms with E-state index in [9.17, 15) is 13.0 Å². The summed E-state index contributed by atoms with van der Waals surface area (Å²) in [5.41, 5.74) is 0.369. The fourth-order valence-corrected chi connectivity index (χ4v) is 3.17. The summed E-state index contributed by atoms with van der Waals surface area (Å²) in [6.45, 7) is 1.82. The third-order valence-corrected chi connectivity index (χ3v) is 4.77. The fraction of sp³-hybridized carbons (Fsp3) is 0.250. The van der Waals surface area contributed by atoms with Crippen LogP contribution in [0.25, 0.3) is 0 Å². The highest BCUT2D eigenvalue weighted by Gasteiger charge is 2.23. The molecule has 1 atom stereocenters. The quantitative estimate of drug-likeness (QED) is 0.635. The molecule has 0 aliphatic carbocycles. The lowest BCUT2D eigenvalue weighted by molar-refractivity contribution is 0.465. The van der Waals surface area contributed by atoms with Crippen LogP contribution in [0, 0.1) is 0 Å². The largest absolute Gasteiger partial charge is 0.455 e. The first-order valence-electron chi connectivity index (χ1n) is 7.25. The molecule has 0 amide bonds. The van der Waals surface area contributed by atoms with Crippen molar-refractivity contribution in [3.8, 4) is 11.5 Å². The van der Waals surface area contributed by atoms with E-state index in [0.29, 0.717) is 33.7 Å². The van der Waals surface area contributed by atoms with Gasteiger partial charge in [-0.3, -0.25) is 4.55 Å². The first-order valence-corrected chi connectivity index (χ1v) is 9.51. The molecule has 2 aromatic carbocycles. The summed E-state index contributed by atoms with van der Waals surface area (Å²) in [7, 11) is -4.26. The maximum Gasteiger partial charge on any atom is 0.286 e. The smallest absolute Gasteiger partial charge is 0.286 e. The monoisotopic (exact) mass is 389 g/mol. The van der Waals surface area contributed by atoms with Gasteiger partial charge in [0.05, 0.1) is 5.69 Å². The maximum absolute atomic E-state index is 11.5. The van der Waals surface area contributed by atoms with Gasteiger partial charge in [0.1, 0.15) is 5.75 Å². The van der Waals surface area contributed by atoms with Gasteiger partial charge in [-0.25, -0.2) is 0 Å². The molecule has 0 radical (unpaired) electrons. The topological polar surface area (TPSA) is 75.6 Å². The highest BCUT2D eigenvalue weighted by atomic mass is 35.5. The second-order valence-corrected chi connectivity index (χ2v) is 7.60. The molecule has 8 heteroatoms. The van der Waals surface area contributed by atoms with Gasteiger partial charge in [0.15, 0.2) is 11.1 Å². The maximum atomic E-state index is 11.5. The summed E-state index contributed by atoms with van der Waals surface area (Å²) in [5, 5.41) is 2.63. The molecule has 0 saturated heterocycles. The molecule has 0 heterocycles. The van der Waals surface area contributed by atoms with Crippen LogP contribution in [0.15, 0.2) is 42.5 Å². The Bertz CT molecular complexity index is 794. The van der Waals surface area contributed by atoms with Crippen LogP contribution in [-0.2, 0) is 10.1 Å². The zero-order chi connectivity index (χ0) is 17.7. The number of ether oxygens (including phenoxy) is 1. The number of halogens is 2. The summed E-state index contributed by atoms with van der Waals surface area (Å²) in [6.07, 6.45) is 0.817. The van der Waals surface area contributed by atoms with Gasteiger partial charge in [-0.05, 0) is 48.9 Å². The van der Waals surface area contributed by atoms with E-state index < -0.39 is 15.5 Å². The first-order chi connectivity index (χ1) is 11.3. The van der Waals surface area contributed by atoms with E-state index >= 15 is 0 Å². The Hall–Kier alpha value is -1.47. The average Bonchev–Trinajstić information content (AvgIpc) is 2.50. The van der Waals surface area contributed by atoms with E-state index in [2.05, 4.69) is 5.32 Å². The number of benzene rings is 2. The molecule has 0 fully saturated rings. The van der Waals surface area contributed by atoms with E-state index in [1.54, 1.807) is 42.5 Å². The van der Waals surface area contributed by atoms with Gasteiger partial charge >= 0.3 is 0 Å². The van der Waals surface area contributed by atoms with Gasteiger partial charge < -0.3 is 10.1 Å². The standard InChI is InChI=1S/C16H17Cl2NO4S/c1-2-3-16(24(20,21)22)19-14-10-12(18)6-9-15(14)23-13-7-4-11(17)5-8-13/h4-10,16,19H,2-3H2,1H3,(H,20,21,22). The molecule has 0 aliphatic rings. The van der Waals surface area contributed by atoms with Crippen LogP contribution in [0.3, 0.4) is 0 Å². The van der Waals surface area contributed by atoms with Gasteiger partial charge in [0, 0.05) is 10.0 Å². The Labute approximate surface area is 151 Å². The predicted molar refractivity (Wildman–Crippen MR) is 96.8 cm³/mol. The normalized spacial score (nSPS) is 12.7. The fourth-order valence-electron chi connectivity index (χ4n) is 2.06. The van der Waals surface area contributed by atoms with Crippen molar-refractivity contribution in [2.24, 2.45) is 0 Å². The Balaban J connectivity index is 2.31. The predicted octanol–water partition coefficient (Wildman–Crippen LogP) is 5.21. The van der Waals surface area contributed by atoms with Crippen molar-refractivity contribution in [1.29, 1.82) is 0 Å². The van der Waals surface area contributed by atoms with Crippen LogP contribution in [-0.4, -0.2) is 18.3 Å². The van der Waals surface area contributed by atoms with Crippen molar-refractivity contribution in [2.45, 2.75) is 25.1 Å². The summed E-state index contributed by atoms with van der Waals surface area (Å²) in [5.74, 6) is 0.912. The SMILES string of the molecule is CCCC(Nc1cc(Cl)ccc1Oc1ccc(Cl)cc1)S(=O)(=O)O. The Morgan fingerprint density at radius 3 is 2.33 bits per heavy atom. The van der Waals surface area contributed by atoms with Crippen molar-refractivity contribution in [1.82, 2.24) is 0 Å². The molecule has 0 bridgehead atoms. The van der Waals surface area contributed by atoms with Crippen LogP contribution >= 0.6 is 23.2 Å². The van der Waals surface area contributed by atoms with Crippen LogP contribution in [0.1, 0.15) is 19.8 Å². The molecule has 0 aromatic heterocycles. The Morgan fingerprint density at radius 2 is 1.75 bits per heavy atom. The number of hydrogen-bond acceptors (Lipinski definition) is 4. The highest BCUT2D eigenvalue weighted by molar-refractivity contribution is 7.86. The lowest BCUT2D eigenvalue weighted by Gasteiger charge is -2.19. The zero-order valence-electron chi connectivity index (χ0n) is 12.9. The average molecular weight is 390 g/mol. The Morgan fingerprint density at radius 1 is 1.12 bits per heavy atom. The van der Waals surface area contributed by atoms with E-state index in [0.717, 1.165) is 0 Å². The van der Waals surface area contributed by atoms with Gasteiger partial charge in [0.2, 0.25) is 0 Å². The molecule has 130 valence electrons. The van der Waals surface area contributed by atoms with Crippen molar-refractivity contribution in [2.75, 3.05) is 5.32 Å². The van der Waals surface area contributed by atoms with E-state index in [-0.39, 0.29) is 6.42 Å². The minimum absolute atomic E-state index is 0.242. The minimum Gasteiger partial charge on any atom is -0.455 e.